The maximum absolute atomic E-state index is 13.1. The Labute approximate surface area is 224 Å². The van der Waals surface area contributed by atoms with Crippen LogP contribution in [-0.2, 0) is 9.59 Å². The van der Waals surface area contributed by atoms with Crippen molar-refractivity contribution in [1.29, 1.82) is 0 Å². The summed E-state index contributed by atoms with van der Waals surface area (Å²) in [5.41, 5.74) is 3.08. The van der Waals surface area contributed by atoms with Gasteiger partial charge in [0.1, 0.15) is 0 Å². The van der Waals surface area contributed by atoms with Gasteiger partial charge in [0.25, 0.3) is 11.8 Å². The zero-order valence-electron chi connectivity index (χ0n) is 19.6. The topological polar surface area (TPSA) is 67.9 Å². The van der Waals surface area contributed by atoms with E-state index in [-0.39, 0.29) is 29.2 Å². The molecule has 0 atom stereocenters. The maximum atomic E-state index is 13.1. The molecule has 0 bridgehead atoms. The van der Waals surface area contributed by atoms with Crippen LogP contribution in [0.3, 0.4) is 0 Å². The predicted molar refractivity (Wildman–Crippen MR) is 150 cm³/mol. The molecule has 0 saturated carbocycles. The van der Waals surface area contributed by atoms with E-state index >= 15 is 0 Å². The van der Waals surface area contributed by atoms with E-state index < -0.39 is 0 Å². The number of nitrogens with zero attached hydrogens (tertiary/aromatic N) is 1. The molecule has 0 unspecified atom stereocenters. The van der Waals surface area contributed by atoms with Crippen LogP contribution in [0.25, 0.3) is 6.08 Å². The molecule has 0 radical (unpaired) electrons. The van der Waals surface area contributed by atoms with Crippen LogP contribution in [-0.4, -0.2) is 29.3 Å². The normalized spacial score (nSPS) is 14.3. The molecular formula is C27H23ClN2O4S2. The van der Waals surface area contributed by atoms with Crippen LogP contribution in [0.4, 0.5) is 11.4 Å². The van der Waals surface area contributed by atoms with Crippen LogP contribution in [0.1, 0.15) is 18.1 Å². The van der Waals surface area contributed by atoms with Gasteiger partial charge in [-0.05, 0) is 67.4 Å². The van der Waals surface area contributed by atoms with Crippen LogP contribution in [0.5, 0.6) is 11.5 Å². The molecule has 3 aromatic rings. The lowest BCUT2D eigenvalue weighted by Gasteiger charge is -2.15. The average molecular weight is 539 g/mol. The highest BCUT2D eigenvalue weighted by Crippen LogP contribution is 2.40. The molecule has 36 heavy (non-hydrogen) atoms. The smallest absolute Gasteiger partial charge is 0.270 e. The Kier molecular flexibility index (Phi) is 8.30. The summed E-state index contributed by atoms with van der Waals surface area (Å²) in [5, 5.41) is 3.02. The molecule has 1 saturated heterocycles. The molecule has 1 aliphatic heterocycles. The zero-order valence-corrected chi connectivity index (χ0v) is 22.0. The van der Waals surface area contributed by atoms with Crippen molar-refractivity contribution >= 4 is 69.2 Å². The first-order valence-electron chi connectivity index (χ1n) is 11.1. The van der Waals surface area contributed by atoms with E-state index in [0.717, 1.165) is 11.3 Å². The highest BCUT2D eigenvalue weighted by atomic mass is 35.5. The van der Waals surface area contributed by atoms with Gasteiger partial charge in [0.2, 0.25) is 0 Å². The van der Waals surface area contributed by atoms with Crippen LogP contribution in [0.2, 0.25) is 5.02 Å². The summed E-state index contributed by atoms with van der Waals surface area (Å²) in [4.78, 5) is 27.4. The minimum absolute atomic E-state index is 0.206. The molecule has 9 heteroatoms. The number of aryl methyl sites for hydroxylation is 1. The molecule has 1 aliphatic rings. The van der Waals surface area contributed by atoms with E-state index in [4.69, 9.17) is 33.3 Å². The molecule has 0 aromatic heterocycles. The third-order valence-corrected chi connectivity index (χ3v) is 6.67. The summed E-state index contributed by atoms with van der Waals surface area (Å²) in [6, 6.07) is 20.1. The van der Waals surface area contributed by atoms with Crippen molar-refractivity contribution in [2.75, 3.05) is 23.4 Å². The summed E-state index contributed by atoms with van der Waals surface area (Å²) < 4.78 is 11.9. The van der Waals surface area contributed by atoms with Gasteiger partial charge in [-0.25, -0.2) is 0 Å². The molecule has 4 rings (SSSR count). The number of hydrogen-bond acceptors (Lipinski definition) is 6. The Morgan fingerprint density at radius 3 is 2.61 bits per heavy atom. The Hall–Kier alpha value is -3.33. The average Bonchev–Trinajstić information content (AvgIpc) is 3.11. The number of nitrogens with one attached hydrogen (secondary N) is 1. The number of benzene rings is 3. The van der Waals surface area contributed by atoms with Gasteiger partial charge < -0.3 is 14.8 Å². The van der Waals surface area contributed by atoms with Gasteiger partial charge >= 0.3 is 0 Å². The summed E-state index contributed by atoms with van der Waals surface area (Å²) in [5.74, 6) is 0.0929. The summed E-state index contributed by atoms with van der Waals surface area (Å²) >= 11 is 13.2. The fourth-order valence-corrected chi connectivity index (χ4v) is 5.11. The standard InChI is InChI=1S/C27H23ClN2O4S2/c1-3-33-22-14-18(13-21(28)25(22)34-16-24(31)29-19-9-5-4-6-10-19)15-23-26(32)30(27(35)36-23)20-11-7-8-17(2)12-20/h4-15H,3,16H2,1-2H3,(H,29,31)/b23-15-. The summed E-state index contributed by atoms with van der Waals surface area (Å²) in [6.45, 7) is 3.91. The van der Waals surface area contributed by atoms with Crippen LogP contribution >= 0.6 is 35.6 Å². The molecule has 1 fully saturated rings. The number of thiocarbonyl (C=S) groups is 1. The third-order valence-electron chi connectivity index (χ3n) is 5.09. The van der Waals surface area contributed by atoms with Crippen LogP contribution < -0.4 is 19.7 Å². The molecule has 1 N–H and O–H groups in total. The van der Waals surface area contributed by atoms with E-state index in [1.807, 2.05) is 56.3 Å². The number of carbonyl (C=O) groups is 2. The molecule has 6 nitrogen and oxygen atoms in total. The number of halogens is 1. The van der Waals surface area contributed by atoms with Crippen LogP contribution in [0, 0.1) is 6.92 Å². The molecule has 1 heterocycles. The second-order valence-corrected chi connectivity index (χ2v) is 9.90. The Balaban J connectivity index is 1.53. The lowest BCUT2D eigenvalue weighted by molar-refractivity contribution is -0.118. The minimum atomic E-state index is -0.330. The lowest BCUT2D eigenvalue weighted by atomic mass is 10.1. The van der Waals surface area contributed by atoms with E-state index in [9.17, 15) is 9.59 Å². The molecule has 0 spiro atoms. The first-order chi connectivity index (χ1) is 17.4. The van der Waals surface area contributed by atoms with Gasteiger partial charge in [-0.15, -0.1) is 0 Å². The van der Waals surface area contributed by atoms with Crippen molar-refractivity contribution in [3.05, 3.63) is 87.8 Å². The number of amides is 2. The second-order valence-electron chi connectivity index (χ2n) is 7.82. The fourth-order valence-electron chi connectivity index (χ4n) is 3.54. The van der Waals surface area contributed by atoms with E-state index in [1.165, 1.54) is 16.7 Å². The number of rotatable bonds is 8. The second kappa shape index (κ2) is 11.6. The zero-order chi connectivity index (χ0) is 25.7. The fraction of sp³-hybridized carbons (Fsp3) is 0.148. The van der Waals surface area contributed by atoms with E-state index in [0.29, 0.717) is 32.8 Å². The van der Waals surface area contributed by atoms with Gasteiger partial charge in [0.05, 0.1) is 22.2 Å². The number of carbonyl (C=O) groups excluding carboxylic acids is 2. The Bertz CT molecular complexity index is 1340. The van der Waals surface area contributed by atoms with Gasteiger partial charge in [-0.1, -0.05) is 65.9 Å². The number of anilines is 2. The maximum Gasteiger partial charge on any atom is 0.270 e. The van der Waals surface area contributed by atoms with Gasteiger partial charge in [0.15, 0.2) is 22.4 Å². The van der Waals surface area contributed by atoms with Gasteiger partial charge in [0, 0.05) is 5.69 Å². The first kappa shape index (κ1) is 25.8. The quantitative estimate of drug-likeness (QED) is 0.262. The van der Waals surface area contributed by atoms with Crippen LogP contribution in [0.15, 0.2) is 71.6 Å². The highest BCUT2D eigenvalue weighted by Gasteiger charge is 2.33. The molecular weight excluding hydrogens is 516 g/mol. The summed E-state index contributed by atoms with van der Waals surface area (Å²) in [6.07, 6.45) is 1.72. The monoisotopic (exact) mass is 538 g/mol. The summed E-state index contributed by atoms with van der Waals surface area (Å²) in [7, 11) is 0. The Morgan fingerprint density at radius 2 is 1.89 bits per heavy atom. The predicted octanol–water partition coefficient (Wildman–Crippen LogP) is 6.47. The largest absolute Gasteiger partial charge is 0.490 e. The van der Waals surface area contributed by atoms with Crippen molar-refractivity contribution < 1.29 is 19.1 Å². The first-order valence-corrected chi connectivity index (χ1v) is 12.7. The minimum Gasteiger partial charge on any atom is -0.490 e. The van der Waals surface area contributed by atoms with E-state index in [1.54, 1.807) is 30.3 Å². The number of thioether (sulfide) groups is 1. The molecule has 184 valence electrons. The van der Waals surface area contributed by atoms with Crippen molar-refractivity contribution in [2.45, 2.75) is 13.8 Å². The van der Waals surface area contributed by atoms with Crippen molar-refractivity contribution in [2.24, 2.45) is 0 Å². The van der Waals surface area contributed by atoms with Gasteiger partial charge in [-0.2, -0.15) is 0 Å². The van der Waals surface area contributed by atoms with Crippen molar-refractivity contribution in [1.82, 2.24) is 0 Å². The molecule has 0 aliphatic carbocycles. The molecule has 3 aromatic carbocycles. The SMILES string of the molecule is CCOc1cc(/C=C2\SC(=S)N(c3cccc(C)c3)C2=O)cc(Cl)c1OCC(=O)Nc1ccccc1. The molecule has 2 amide bonds. The lowest BCUT2D eigenvalue weighted by Crippen LogP contribution is -2.27. The van der Waals surface area contributed by atoms with Crippen molar-refractivity contribution in [3.8, 4) is 11.5 Å². The Morgan fingerprint density at radius 1 is 1.11 bits per heavy atom. The number of para-hydroxylation sites is 1. The number of hydrogen-bond donors (Lipinski definition) is 1. The number of ether oxygens (including phenoxy) is 2. The highest BCUT2D eigenvalue weighted by molar-refractivity contribution is 8.27. The van der Waals surface area contributed by atoms with E-state index in [2.05, 4.69) is 5.32 Å². The van der Waals surface area contributed by atoms with Crippen molar-refractivity contribution in [3.63, 3.8) is 0 Å². The van der Waals surface area contributed by atoms with Gasteiger partial charge in [-0.3, -0.25) is 14.5 Å². The third kappa shape index (κ3) is 6.07.